The Bertz CT molecular complexity index is 1020. The fourth-order valence-electron chi connectivity index (χ4n) is 3.12. The number of carbonyl (C=O) groups is 1. The SMILES string of the molecule is C#CCCC1(CCNC(=O)c2oc3ccccc3c2Cn2cccn2)N=N1. The number of benzene rings is 1. The monoisotopic (exact) mass is 361 g/mol. The summed E-state index contributed by atoms with van der Waals surface area (Å²) in [7, 11) is 0. The van der Waals surface area contributed by atoms with Gasteiger partial charge in [0.1, 0.15) is 5.58 Å². The van der Waals surface area contributed by atoms with Gasteiger partial charge in [-0.15, -0.1) is 12.3 Å². The fourth-order valence-corrected chi connectivity index (χ4v) is 3.12. The molecule has 7 nitrogen and oxygen atoms in total. The van der Waals surface area contributed by atoms with Crippen LogP contribution in [0.2, 0.25) is 0 Å². The largest absolute Gasteiger partial charge is 0.451 e. The molecular weight excluding hydrogens is 342 g/mol. The maximum Gasteiger partial charge on any atom is 0.287 e. The van der Waals surface area contributed by atoms with Crippen molar-refractivity contribution in [1.29, 1.82) is 0 Å². The molecule has 1 amide bonds. The maximum atomic E-state index is 12.8. The van der Waals surface area contributed by atoms with Crippen molar-refractivity contribution in [3.8, 4) is 12.3 Å². The van der Waals surface area contributed by atoms with E-state index in [9.17, 15) is 4.79 Å². The first kappa shape index (κ1) is 17.0. The number of aromatic nitrogens is 2. The van der Waals surface area contributed by atoms with Crippen molar-refractivity contribution in [3.05, 3.63) is 54.0 Å². The Morgan fingerprint density at radius 3 is 2.85 bits per heavy atom. The lowest BCUT2D eigenvalue weighted by Crippen LogP contribution is -2.28. The molecule has 1 aromatic carbocycles. The molecule has 1 aliphatic rings. The molecule has 2 aromatic heterocycles. The molecule has 0 saturated heterocycles. The number of nitrogens with one attached hydrogen (secondary N) is 1. The van der Waals surface area contributed by atoms with Crippen LogP contribution in [0.25, 0.3) is 11.0 Å². The molecule has 27 heavy (non-hydrogen) atoms. The molecule has 0 aliphatic carbocycles. The number of fused-ring (bicyclic) bond motifs is 1. The van der Waals surface area contributed by atoms with Crippen LogP contribution in [-0.4, -0.2) is 27.9 Å². The van der Waals surface area contributed by atoms with Crippen molar-refractivity contribution in [2.75, 3.05) is 6.54 Å². The van der Waals surface area contributed by atoms with Gasteiger partial charge in [-0.1, -0.05) is 18.2 Å². The molecule has 1 aliphatic heterocycles. The lowest BCUT2D eigenvalue weighted by molar-refractivity contribution is 0.0925. The second-order valence-electron chi connectivity index (χ2n) is 6.50. The van der Waals surface area contributed by atoms with Gasteiger partial charge in [0.25, 0.3) is 5.91 Å². The Kier molecular flexibility index (Phi) is 4.47. The first-order valence-electron chi connectivity index (χ1n) is 8.84. The van der Waals surface area contributed by atoms with E-state index in [-0.39, 0.29) is 5.91 Å². The standard InChI is InChI=1S/C20H19N5O2/c1-2-3-9-20(23-24-20)10-12-21-19(26)18-16(14-25-13-6-11-22-25)15-7-4-5-8-17(15)27-18/h1,4-8,11,13H,3,9-10,12,14H2,(H,21,26). The molecule has 0 atom stereocenters. The topological polar surface area (TPSA) is 84.8 Å². The third-order valence-electron chi connectivity index (χ3n) is 4.65. The van der Waals surface area contributed by atoms with Crippen LogP contribution >= 0.6 is 0 Å². The van der Waals surface area contributed by atoms with Crippen molar-refractivity contribution in [2.45, 2.75) is 31.5 Å². The lowest BCUT2D eigenvalue weighted by atomic mass is 10.0. The van der Waals surface area contributed by atoms with Crippen LogP contribution in [0, 0.1) is 12.3 Å². The summed E-state index contributed by atoms with van der Waals surface area (Å²) in [6, 6.07) is 9.47. The summed E-state index contributed by atoms with van der Waals surface area (Å²) in [5, 5.41) is 16.2. The van der Waals surface area contributed by atoms with Crippen LogP contribution in [0.5, 0.6) is 0 Å². The fraction of sp³-hybridized carbons (Fsp3) is 0.300. The number of hydrogen-bond acceptors (Lipinski definition) is 5. The molecule has 0 radical (unpaired) electrons. The Labute approximate surface area is 156 Å². The highest BCUT2D eigenvalue weighted by molar-refractivity contribution is 5.99. The highest BCUT2D eigenvalue weighted by atomic mass is 16.3. The first-order valence-corrected chi connectivity index (χ1v) is 8.84. The summed E-state index contributed by atoms with van der Waals surface area (Å²) in [4.78, 5) is 12.8. The van der Waals surface area contributed by atoms with E-state index < -0.39 is 5.66 Å². The maximum absolute atomic E-state index is 12.8. The number of rotatable bonds is 8. The summed E-state index contributed by atoms with van der Waals surface area (Å²) >= 11 is 0. The summed E-state index contributed by atoms with van der Waals surface area (Å²) < 4.78 is 7.62. The number of nitrogens with zero attached hydrogens (tertiary/aromatic N) is 4. The summed E-state index contributed by atoms with van der Waals surface area (Å²) in [6.07, 6.45) is 10.8. The van der Waals surface area contributed by atoms with Crippen molar-refractivity contribution in [2.24, 2.45) is 10.2 Å². The van der Waals surface area contributed by atoms with Crippen LogP contribution in [0.3, 0.4) is 0 Å². The molecule has 3 heterocycles. The third kappa shape index (κ3) is 3.60. The second-order valence-corrected chi connectivity index (χ2v) is 6.50. The minimum Gasteiger partial charge on any atom is -0.451 e. The number of carbonyl (C=O) groups excluding carboxylic acids is 1. The Morgan fingerprint density at radius 1 is 1.26 bits per heavy atom. The van der Waals surface area contributed by atoms with Crippen molar-refractivity contribution < 1.29 is 9.21 Å². The molecule has 0 spiro atoms. The van der Waals surface area contributed by atoms with E-state index in [0.717, 1.165) is 10.9 Å². The van der Waals surface area contributed by atoms with E-state index in [2.05, 4.69) is 26.6 Å². The predicted octanol–water partition coefficient (Wildman–Crippen LogP) is 3.37. The molecular formula is C20H19N5O2. The van der Waals surface area contributed by atoms with Crippen LogP contribution < -0.4 is 5.32 Å². The van der Waals surface area contributed by atoms with Crippen LogP contribution in [0.4, 0.5) is 0 Å². The van der Waals surface area contributed by atoms with Gasteiger partial charge in [0.05, 0.1) is 6.54 Å². The van der Waals surface area contributed by atoms with Crippen LogP contribution in [0.1, 0.15) is 35.4 Å². The normalized spacial score (nSPS) is 14.2. The first-order chi connectivity index (χ1) is 13.2. The molecule has 0 saturated carbocycles. The van der Waals surface area contributed by atoms with E-state index >= 15 is 0 Å². The van der Waals surface area contributed by atoms with Gasteiger partial charge in [-0.05, 0) is 12.1 Å². The van der Waals surface area contributed by atoms with Crippen molar-refractivity contribution in [1.82, 2.24) is 15.1 Å². The van der Waals surface area contributed by atoms with E-state index in [0.29, 0.717) is 43.7 Å². The predicted molar refractivity (Wildman–Crippen MR) is 100 cm³/mol. The average molecular weight is 361 g/mol. The van der Waals surface area contributed by atoms with Crippen molar-refractivity contribution >= 4 is 16.9 Å². The number of hydrogen-bond donors (Lipinski definition) is 1. The third-order valence-corrected chi connectivity index (χ3v) is 4.65. The molecule has 0 fully saturated rings. The van der Waals surface area contributed by atoms with Crippen molar-refractivity contribution in [3.63, 3.8) is 0 Å². The molecule has 4 rings (SSSR count). The summed E-state index contributed by atoms with van der Waals surface area (Å²) in [5.41, 5.74) is 1.09. The number of terminal acetylenes is 1. The van der Waals surface area contributed by atoms with Gasteiger partial charge in [0, 0.05) is 49.2 Å². The van der Waals surface area contributed by atoms with E-state index in [1.807, 2.05) is 36.5 Å². The molecule has 0 unspecified atom stereocenters. The van der Waals surface area contributed by atoms with E-state index in [4.69, 9.17) is 10.8 Å². The quantitative estimate of drug-likeness (QED) is 0.624. The van der Waals surface area contributed by atoms with Gasteiger partial charge in [-0.3, -0.25) is 9.48 Å². The summed E-state index contributed by atoms with van der Waals surface area (Å²) in [5.74, 6) is 2.67. The number of furan rings is 1. The zero-order valence-electron chi connectivity index (χ0n) is 14.8. The van der Waals surface area contributed by atoms with E-state index in [1.165, 1.54) is 0 Å². The summed E-state index contributed by atoms with van der Waals surface area (Å²) in [6.45, 7) is 0.915. The number of amides is 1. The minimum absolute atomic E-state index is 0.249. The van der Waals surface area contributed by atoms with Gasteiger partial charge < -0.3 is 9.73 Å². The molecule has 7 heteroatoms. The average Bonchev–Trinajstić information content (AvgIpc) is 3.10. The van der Waals surface area contributed by atoms with Crippen LogP contribution in [0.15, 0.2) is 57.4 Å². The Morgan fingerprint density at radius 2 is 2.11 bits per heavy atom. The highest BCUT2D eigenvalue weighted by Gasteiger charge is 2.38. The zero-order valence-corrected chi connectivity index (χ0v) is 14.8. The smallest absolute Gasteiger partial charge is 0.287 e. The Balaban J connectivity index is 1.49. The van der Waals surface area contributed by atoms with E-state index in [1.54, 1.807) is 10.9 Å². The van der Waals surface area contributed by atoms with Gasteiger partial charge in [-0.2, -0.15) is 15.3 Å². The zero-order chi connectivity index (χ0) is 18.7. The lowest BCUT2D eigenvalue weighted by Gasteiger charge is -2.10. The molecule has 3 aromatic rings. The second kappa shape index (κ2) is 7.08. The Hall–Kier alpha value is -3.40. The van der Waals surface area contributed by atoms with Crippen LogP contribution in [-0.2, 0) is 6.54 Å². The van der Waals surface area contributed by atoms with Gasteiger partial charge in [0.2, 0.25) is 0 Å². The highest BCUT2D eigenvalue weighted by Crippen LogP contribution is 2.36. The molecule has 136 valence electrons. The van der Waals surface area contributed by atoms with Gasteiger partial charge in [0.15, 0.2) is 11.4 Å². The number of para-hydroxylation sites is 1. The molecule has 1 N–H and O–H groups in total. The van der Waals surface area contributed by atoms with Gasteiger partial charge in [-0.25, -0.2) is 0 Å². The van der Waals surface area contributed by atoms with Gasteiger partial charge >= 0.3 is 0 Å². The minimum atomic E-state index is -0.411. The molecule has 0 bridgehead atoms.